The van der Waals surface area contributed by atoms with Crippen LogP contribution in [0.2, 0.25) is 0 Å². The molecule has 1 aromatic carbocycles. The molecule has 11 heteroatoms. The van der Waals surface area contributed by atoms with Gasteiger partial charge in [-0.25, -0.2) is 4.98 Å². The van der Waals surface area contributed by atoms with Crippen molar-refractivity contribution in [1.82, 2.24) is 25.0 Å². The van der Waals surface area contributed by atoms with Crippen LogP contribution in [0.5, 0.6) is 11.5 Å². The van der Waals surface area contributed by atoms with Gasteiger partial charge in [0.2, 0.25) is 0 Å². The van der Waals surface area contributed by atoms with Crippen molar-refractivity contribution in [2.24, 2.45) is 5.73 Å². The summed E-state index contributed by atoms with van der Waals surface area (Å²) in [6, 6.07) is 5.23. The van der Waals surface area contributed by atoms with Crippen LogP contribution in [-0.4, -0.2) is 88.4 Å². The summed E-state index contributed by atoms with van der Waals surface area (Å²) in [6.07, 6.45) is 1.50. The van der Waals surface area contributed by atoms with E-state index >= 15 is 0 Å². The molecule has 1 aromatic heterocycles. The minimum absolute atomic E-state index is 0.00966. The number of aliphatic carboxylic acids is 1. The molecule has 3 rings (SSSR count). The van der Waals surface area contributed by atoms with Crippen LogP contribution < -0.4 is 15.2 Å². The minimum atomic E-state index is -0.833. The number of hydrogen-bond acceptors (Lipinski definition) is 8. The van der Waals surface area contributed by atoms with Crippen LogP contribution in [0.25, 0.3) is 0 Å². The smallest absolute Gasteiger partial charge is 0.300 e. The molecule has 1 amide bonds. The van der Waals surface area contributed by atoms with E-state index in [9.17, 15) is 4.79 Å². The Morgan fingerprint density at radius 1 is 1.23 bits per heavy atom. The second-order valence-corrected chi connectivity index (χ2v) is 6.52. The average Bonchev–Trinajstić information content (AvgIpc) is 3.24. The van der Waals surface area contributed by atoms with Crippen molar-refractivity contribution in [2.45, 2.75) is 13.5 Å². The highest BCUT2D eigenvalue weighted by atomic mass is 16.5. The summed E-state index contributed by atoms with van der Waals surface area (Å²) in [5, 5.41) is 14.1. The molecule has 0 radical (unpaired) electrons. The first-order valence-electron chi connectivity index (χ1n) is 9.51. The molecule has 164 valence electrons. The fraction of sp³-hybridized carbons (Fsp3) is 0.474. The van der Waals surface area contributed by atoms with Crippen molar-refractivity contribution in [3.05, 3.63) is 35.9 Å². The van der Waals surface area contributed by atoms with Gasteiger partial charge in [-0.3, -0.25) is 19.6 Å². The number of nitrogens with two attached hydrogens (primary N) is 1. The molecule has 11 nitrogen and oxygen atoms in total. The van der Waals surface area contributed by atoms with Crippen LogP contribution in [0.4, 0.5) is 0 Å². The molecule has 30 heavy (non-hydrogen) atoms. The second-order valence-electron chi connectivity index (χ2n) is 6.52. The number of H-pyrrole nitrogens is 1. The van der Waals surface area contributed by atoms with Crippen molar-refractivity contribution in [3.8, 4) is 11.5 Å². The summed E-state index contributed by atoms with van der Waals surface area (Å²) in [4.78, 5) is 30.0. The molecule has 1 fully saturated rings. The van der Waals surface area contributed by atoms with E-state index in [1.54, 1.807) is 25.3 Å². The van der Waals surface area contributed by atoms with Crippen molar-refractivity contribution in [3.63, 3.8) is 0 Å². The van der Waals surface area contributed by atoms with Gasteiger partial charge in [-0.15, -0.1) is 0 Å². The molecule has 1 saturated heterocycles. The zero-order valence-corrected chi connectivity index (χ0v) is 17.2. The van der Waals surface area contributed by atoms with E-state index in [0.717, 1.165) is 25.8 Å². The molecule has 0 bridgehead atoms. The van der Waals surface area contributed by atoms with Gasteiger partial charge in [0.05, 0.1) is 13.7 Å². The number of rotatable bonds is 7. The average molecular weight is 420 g/mol. The van der Waals surface area contributed by atoms with Crippen LogP contribution in [0.1, 0.15) is 23.1 Å². The van der Waals surface area contributed by atoms with E-state index in [1.165, 1.54) is 6.33 Å². The zero-order chi connectivity index (χ0) is 21.9. The van der Waals surface area contributed by atoms with Gasteiger partial charge >= 0.3 is 0 Å². The maximum atomic E-state index is 12.8. The highest BCUT2D eigenvalue weighted by Crippen LogP contribution is 2.28. The summed E-state index contributed by atoms with van der Waals surface area (Å²) in [6.45, 7) is 5.47. The van der Waals surface area contributed by atoms with Gasteiger partial charge in [0.15, 0.2) is 11.5 Å². The predicted molar refractivity (Wildman–Crippen MR) is 108 cm³/mol. The third-order valence-corrected chi connectivity index (χ3v) is 4.28. The minimum Gasteiger partial charge on any atom is -0.493 e. The van der Waals surface area contributed by atoms with Gasteiger partial charge < -0.3 is 25.2 Å². The lowest BCUT2D eigenvalue weighted by Gasteiger charge is -2.34. The molecular formula is C19H28N6O5. The standard InChI is InChI=1S/C17H24N6O3.C2H4O2/c1-25-14-3-2-13(10-15(14)26-9-4-18)17(24)23-7-5-22(6-8-23)11-16-19-12-20-21-16;1-2(3)4/h2-3,10,12H,4-9,11,18H2,1H3,(H,19,20,21);1H3,(H,3,4). The summed E-state index contributed by atoms with van der Waals surface area (Å²) in [7, 11) is 1.57. The normalized spacial score (nSPS) is 13.9. The van der Waals surface area contributed by atoms with Crippen molar-refractivity contribution in [2.75, 3.05) is 46.4 Å². The van der Waals surface area contributed by atoms with Crippen molar-refractivity contribution in [1.29, 1.82) is 0 Å². The summed E-state index contributed by atoms with van der Waals surface area (Å²) < 4.78 is 10.9. The zero-order valence-electron chi connectivity index (χ0n) is 17.2. The molecular weight excluding hydrogens is 392 g/mol. The highest BCUT2D eigenvalue weighted by Gasteiger charge is 2.23. The van der Waals surface area contributed by atoms with Gasteiger partial charge in [-0.1, -0.05) is 0 Å². The summed E-state index contributed by atoms with van der Waals surface area (Å²) in [5.74, 6) is 1.12. The fourth-order valence-electron chi connectivity index (χ4n) is 2.90. The molecule has 2 aromatic rings. The largest absolute Gasteiger partial charge is 0.493 e. The summed E-state index contributed by atoms with van der Waals surface area (Å²) in [5.41, 5.74) is 6.07. The highest BCUT2D eigenvalue weighted by molar-refractivity contribution is 5.95. The third kappa shape index (κ3) is 7.01. The number of carbonyl (C=O) groups excluding carboxylic acids is 1. The monoisotopic (exact) mass is 420 g/mol. The molecule has 0 spiro atoms. The number of carboxylic acid groups (broad SMARTS) is 1. The van der Waals surface area contributed by atoms with Gasteiger partial charge in [0.1, 0.15) is 18.8 Å². The first-order valence-corrected chi connectivity index (χ1v) is 9.51. The number of hydrogen-bond donors (Lipinski definition) is 3. The van der Waals surface area contributed by atoms with Crippen LogP contribution in [-0.2, 0) is 11.3 Å². The van der Waals surface area contributed by atoms with Crippen LogP contribution in [0, 0.1) is 0 Å². The van der Waals surface area contributed by atoms with E-state index in [0.29, 0.717) is 49.8 Å². The maximum Gasteiger partial charge on any atom is 0.300 e. The number of ether oxygens (including phenoxy) is 2. The third-order valence-electron chi connectivity index (χ3n) is 4.28. The number of nitrogens with one attached hydrogen (secondary N) is 1. The number of benzene rings is 1. The van der Waals surface area contributed by atoms with Gasteiger partial charge in [-0.2, -0.15) is 5.10 Å². The van der Waals surface area contributed by atoms with E-state index in [-0.39, 0.29) is 5.91 Å². The lowest BCUT2D eigenvalue weighted by molar-refractivity contribution is -0.134. The lowest BCUT2D eigenvalue weighted by atomic mass is 10.1. The molecule has 4 N–H and O–H groups in total. The van der Waals surface area contributed by atoms with Gasteiger partial charge in [-0.05, 0) is 18.2 Å². The first kappa shape index (κ1) is 23.1. The fourth-order valence-corrected chi connectivity index (χ4v) is 2.90. The predicted octanol–water partition coefficient (Wildman–Crippen LogP) is 0.200. The Morgan fingerprint density at radius 2 is 1.93 bits per heavy atom. The Balaban J connectivity index is 0.000000735. The van der Waals surface area contributed by atoms with Crippen molar-refractivity contribution < 1.29 is 24.2 Å². The molecule has 1 aliphatic rings. The number of piperazine rings is 1. The molecule has 1 aliphatic heterocycles. The van der Waals surface area contributed by atoms with E-state index < -0.39 is 5.97 Å². The Bertz CT molecular complexity index is 802. The van der Waals surface area contributed by atoms with Crippen molar-refractivity contribution >= 4 is 11.9 Å². The quantitative estimate of drug-likeness (QED) is 0.571. The molecule has 2 heterocycles. The van der Waals surface area contributed by atoms with Crippen LogP contribution in [0.3, 0.4) is 0 Å². The topological polar surface area (TPSA) is 147 Å². The summed E-state index contributed by atoms with van der Waals surface area (Å²) >= 11 is 0. The van der Waals surface area contributed by atoms with Crippen LogP contribution >= 0.6 is 0 Å². The number of aromatic nitrogens is 3. The number of carbonyl (C=O) groups is 2. The Hall–Kier alpha value is -3.18. The number of methoxy groups -OCH3 is 1. The van der Waals surface area contributed by atoms with Crippen LogP contribution in [0.15, 0.2) is 24.5 Å². The SMILES string of the molecule is CC(=O)O.COc1ccc(C(=O)N2CCN(Cc3ncn[nH]3)CC2)cc1OCCN. The van der Waals surface area contributed by atoms with Gasteiger partial charge in [0, 0.05) is 45.2 Å². The lowest BCUT2D eigenvalue weighted by Crippen LogP contribution is -2.48. The molecule has 0 atom stereocenters. The first-order chi connectivity index (χ1) is 14.4. The van der Waals surface area contributed by atoms with Gasteiger partial charge in [0.25, 0.3) is 11.9 Å². The Labute approximate surface area is 174 Å². The van der Waals surface area contributed by atoms with E-state index in [2.05, 4.69) is 20.1 Å². The number of carboxylic acids is 1. The number of nitrogens with zero attached hydrogens (tertiary/aromatic N) is 4. The molecule has 0 saturated carbocycles. The second kappa shape index (κ2) is 11.7. The Kier molecular flexibility index (Phi) is 9.03. The molecule has 0 unspecified atom stereocenters. The number of aromatic amines is 1. The maximum absolute atomic E-state index is 12.8. The Morgan fingerprint density at radius 3 is 2.50 bits per heavy atom. The molecule has 0 aliphatic carbocycles. The number of amides is 1. The van der Waals surface area contributed by atoms with E-state index in [4.69, 9.17) is 25.1 Å². The van der Waals surface area contributed by atoms with E-state index in [1.807, 2.05) is 4.90 Å².